The fourth-order valence-electron chi connectivity index (χ4n) is 2.25. The van der Waals surface area contributed by atoms with Gasteiger partial charge < -0.3 is 9.84 Å². The molecule has 0 fully saturated rings. The number of sulfone groups is 1. The molecular weight excluding hydrogens is 336 g/mol. The van der Waals surface area contributed by atoms with Crippen molar-refractivity contribution in [3.05, 3.63) is 78.4 Å². The standard InChI is InChI=1S/C20H14O4S/c1-2-15-7-11-17(12-8-15)24-19-5-3-4-6-20(19)25(22,23)18-13-9-16(21)10-14-18/h1,3-14,21H. The number of para-hydroxylation sites is 1. The van der Waals surface area contributed by atoms with Crippen molar-refractivity contribution in [2.24, 2.45) is 0 Å². The van der Waals surface area contributed by atoms with Crippen molar-refractivity contribution < 1.29 is 18.3 Å². The molecule has 3 aromatic carbocycles. The van der Waals surface area contributed by atoms with E-state index in [0.717, 1.165) is 0 Å². The van der Waals surface area contributed by atoms with Gasteiger partial charge in [-0.2, -0.15) is 0 Å². The van der Waals surface area contributed by atoms with Crippen LogP contribution < -0.4 is 4.74 Å². The summed E-state index contributed by atoms with van der Waals surface area (Å²) in [6.07, 6.45) is 5.32. The van der Waals surface area contributed by atoms with Gasteiger partial charge in [-0.3, -0.25) is 0 Å². The largest absolute Gasteiger partial charge is 0.508 e. The van der Waals surface area contributed by atoms with E-state index in [-0.39, 0.29) is 21.3 Å². The Hall–Kier alpha value is -3.23. The third kappa shape index (κ3) is 3.49. The molecule has 0 unspecified atom stereocenters. The first-order valence-corrected chi connectivity index (χ1v) is 8.87. The third-order valence-electron chi connectivity index (χ3n) is 3.53. The second-order valence-electron chi connectivity index (χ2n) is 5.21. The second-order valence-corrected chi connectivity index (χ2v) is 7.13. The first kappa shape index (κ1) is 16.6. The minimum Gasteiger partial charge on any atom is -0.508 e. The van der Waals surface area contributed by atoms with Gasteiger partial charge in [-0.25, -0.2) is 8.42 Å². The number of terminal acetylenes is 1. The number of hydrogen-bond donors (Lipinski definition) is 1. The van der Waals surface area contributed by atoms with Gasteiger partial charge in [0.1, 0.15) is 22.1 Å². The smallest absolute Gasteiger partial charge is 0.210 e. The Morgan fingerprint density at radius 2 is 1.52 bits per heavy atom. The second kappa shape index (κ2) is 6.71. The molecule has 25 heavy (non-hydrogen) atoms. The summed E-state index contributed by atoms with van der Waals surface area (Å²) < 4.78 is 31.5. The summed E-state index contributed by atoms with van der Waals surface area (Å²) in [5, 5.41) is 9.35. The highest BCUT2D eigenvalue weighted by Gasteiger charge is 2.22. The predicted molar refractivity (Wildman–Crippen MR) is 94.5 cm³/mol. The first-order chi connectivity index (χ1) is 12.0. The lowest BCUT2D eigenvalue weighted by Gasteiger charge is -2.12. The minimum absolute atomic E-state index is 0.00270. The van der Waals surface area contributed by atoms with E-state index in [2.05, 4.69) is 5.92 Å². The Morgan fingerprint density at radius 1 is 0.880 bits per heavy atom. The van der Waals surface area contributed by atoms with E-state index in [4.69, 9.17) is 11.2 Å². The molecule has 0 bridgehead atoms. The van der Waals surface area contributed by atoms with Crippen LogP contribution in [0.4, 0.5) is 0 Å². The summed E-state index contributed by atoms with van der Waals surface area (Å²) in [7, 11) is -3.79. The van der Waals surface area contributed by atoms with Gasteiger partial charge in [0.25, 0.3) is 0 Å². The van der Waals surface area contributed by atoms with Crippen molar-refractivity contribution in [2.45, 2.75) is 9.79 Å². The Morgan fingerprint density at radius 3 is 2.16 bits per heavy atom. The molecule has 1 N–H and O–H groups in total. The highest BCUT2D eigenvalue weighted by Crippen LogP contribution is 2.33. The average molecular weight is 350 g/mol. The van der Waals surface area contributed by atoms with Crippen LogP contribution >= 0.6 is 0 Å². The lowest BCUT2D eigenvalue weighted by Crippen LogP contribution is -2.04. The molecule has 0 saturated heterocycles. The van der Waals surface area contributed by atoms with Crippen LogP contribution in [0.25, 0.3) is 0 Å². The van der Waals surface area contributed by atoms with E-state index in [1.165, 1.54) is 30.3 Å². The van der Waals surface area contributed by atoms with Crippen LogP contribution in [0.3, 0.4) is 0 Å². The number of rotatable bonds is 4. The number of aromatic hydroxyl groups is 1. The summed E-state index contributed by atoms with van der Waals surface area (Å²) >= 11 is 0. The molecule has 0 radical (unpaired) electrons. The number of phenolic OH excluding ortho intramolecular Hbond substituents is 1. The van der Waals surface area contributed by atoms with E-state index >= 15 is 0 Å². The molecule has 0 amide bonds. The van der Waals surface area contributed by atoms with E-state index in [1.807, 2.05) is 0 Å². The van der Waals surface area contributed by atoms with Crippen LogP contribution in [0.2, 0.25) is 0 Å². The molecule has 0 heterocycles. The molecule has 5 heteroatoms. The van der Waals surface area contributed by atoms with E-state index in [0.29, 0.717) is 11.3 Å². The van der Waals surface area contributed by atoms with Gasteiger partial charge in [0.2, 0.25) is 9.84 Å². The van der Waals surface area contributed by atoms with Gasteiger partial charge in [-0.05, 0) is 60.7 Å². The summed E-state index contributed by atoms with van der Waals surface area (Å²) in [5.41, 5.74) is 0.706. The van der Waals surface area contributed by atoms with Crippen LogP contribution in [0.15, 0.2) is 82.6 Å². The van der Waals surface area contributed by atoms with Gasteiger partial charge in [0.05, 0.1) is 4.90 Å². The summed E-state index contributed by atoms with van der Waals surface area (Å²) in [5.74, 6) is 3.20. The predicted octanol–water partition coefficient (Wildman–Crippen LogP) is 4.00. The minimum atomic E-state index is -3.79. The van der Waals surface area contributed by atoms with Crippen molar-refractivity contribution in [2.75, 3.05) is 0 Å². The quantitative estimate of drug-likeness (QED) is 0.723. The molecule has 0 spiro atoms. The Labute approximate surface area is 146 Å². The maximum Gasteiger partial charge on any atom is 0.210 e. The van der Waals surface area contributed by atoms with Gasteiger partial charge in [0.15, 0.2) is 0 Å². The average Bonchev–Trinajstić information content (AvgIpc) is 2.63. The Bertz CT molecular complexity index is 1030. The van der Waals surface area contributed by atoms with E-state index in [9.17, 15) is 13.5 Å². The highest BCUT2D eigenvalue weighted by molar-refractivity contribution is 7.91. The zero-order valence-corrected chi connectivity index (χ0v) is 13.9. The number of hydrogen-bond acceptors (Lipinski definition) is 4. The van der Waals surface area contributed by atoms with E-state index in [1.54, 1.807) is 42.5 Å². The lowest BCUT2D eigenvalue weighted by molar-refractivity contribution is 0.467. The zero-order chi connectivity index (χ0) is 17.9. The molecule has 0 aliphatic rings. The maximum atomic E-state index is 12.9. The van der Waals surface area contributed by atoms with Crippen molar-refractivity contribution in [1.82, 2.24) is 0 Å². The van der Waals surface area contributed by atoms with Crippen molar-refractivity contribution in [1.29, 1.82) is 0 Å². The molecule has 0 atom stereocenters. The van der Waals surface area contributed by atoms with Crippen LogP contribution in [0.1, 0.15) is 5.56 Å². The number of ether oxygens (including phenoxy) is 1. The molecular formula is C20H14O4S. The summed E-state index contributed by atoms with van der Waals surface area (Å²) in [6.45, 7) is 0. The number of benzene rings is 3. The van der Waals surface area contributed by atoms with Gasteiger partial charge in [-0.1, -0.05) is 18.1 Å². The van der Waals surface area contributed by atoms with Gasteiger partial charge >= 0.3 is 0 Å². The molecule has 4 nitrogen and oxygen atoms in total. The van der Waals surface area contributed by atoms with Crippen LogP contribution in [0.5, 0.6) is 17.2 Å². The molecule has 0 aliphatic carbocycles. The van der Waals surface area contributed by atoms with Gasteiger partial charge in [-0.15, -0.1) is 6.42 Å². The van der Waals surface area contributed by atoms with Crippen molar-refractivity contribution in [3.63, 3.8) is 0 Å². The van der Waals surface area contributed by atoms with Crippen LogP contribution in [0, 0.1) is 12.3 Å². The molecule has 124 valence electrons. The fourth-order valence-corrected chi connectivity index (χ4v) is 3.64. The summed E-state index contributed by atoms with van der Waals surface area (Å²) in [6, 6.07) is 18.5. The monoisotopic (exact) mass is 350 g/mol. The van der Waals surface area contributed by atoms with E-state index < -0.39 is 9.84 Å². The third-order valence-corrected chi connectivity index (χ3v) is 5.34. The van der Waals surface area contributed by atoms with Crippen molar-refractivity contribution >= 4 is 9.84 Å². The molecule has 0 aliphatic heterocycles. The van der Waals surface area contributed by atoms with Gasteiger partial charge in [0, 0.05) is 5.56 Å². The summed E-state index contributed by atoms with van der Waals surface area (Å²) in [4.78, 5) is 0.116. The topological polar surface area (TPSA) is 63.6 Å². The molecule has 3 rings (SSSR count). The van der Waals surface area contributed by atoms with Crippen LogP contribution in [-0.4, -0.2) is 13.5 Å². The van der Waals surface area contributed by atoms with Crippen LogP contribution in [-0.2, 0) is 9.84 Å². The number of phenols is 1. The molecule has 0 aromatic heterocycles. The fraction of sp³-hybridized carbons (Fsp3) is 0. The maximum absolute atomic E-state index is 12.9. The Balaban J connectivity index is 2.00. The Kier molecular flexibility index (Phi) is 4.46. The molecule has 3 aromatic rings. The lowest BCUT2D eigenvalue weighted by atomic mass is 10.2. The highest BCUT2D eigenvalue weighted by atomic mass is 32.2. The SMILES string of the molecule is C#Cc1ccc(Oc2ccccc2S(=O)(=O)c2ccc(O)cc2)cc1. The first-order valence-electron chi connectivity index (χ1n) is 7.38. The zero-order valence-electron chi connectivity index (χ0n) is 13.1. The normalized spacial score (nSPS) is 10.8. The molecule has 0 saturated carbocycles. The van der Waals surface area contributed by atoms with Crippen molar-refractivity contribution in [3.8, 4) is 29.6 Å².